The molecular weight excluding hydrogens is 102 g/mol. The van der Waals surface area contributed by atoms with E-state index in [9.17, 15) is 0 Å². The second kappa shape index (κ2) is 1.45. The van der Waals surface area contributed by atoms with Crippen molar-refractivity contribution >= 4 is 0 Å². The van der Waals surface area contributed by atoms with Crippen LogP contribution in [0.25, 0.3) is 0 Å². The van der Waals surface area contributed by atoms with E-state index in [4.69, 9.17) is 5.11 Å². The topological polar surface area (TPSA) is 32.3 Å². The maximum atomic E-state index is 9.16. The quantitative estimate of drug-likeness (QED) is 0.453. The fourth-order valence-corrected chi connectivity index (χ4v) is 1.82. The van der Waals surface area contributed by atoms with Crippen LogP contribution >= 0.6 is 0 Å². The Labute approximate surface area is 48.9 Å². The Kier molecular flexibility index (Phi) is 0.866. The average molecular weight is 113 g/mol. The number of hydrogen-bond donors (Lipinski definition) is 2. The summed E-state index contributed by atoms with van der Waals surface area (Å²) in [7, 11) is 0. The van der Waals surface area contributed by atoms with Crippen LogP contribution in [0.3, 0.4) is 0 Å². The highest BCUT2D eigenvalue weighted by Crippen LogP contribution is 2.30. The summed E-state index contributed by atoms with van der Waals surface area (Å²) in [4.78, 5) is 0. The van der Waals surface area contributed by atoms with Gasteiger partial charge in [-0.1, -0.05) is 0 Å². The van der Waals surface area contributed by atoms with Crippen LogP contribution < -0.4 is 5.32 Å². The van der Waals surface area contributed by atoms with Gasteiger partial charge in [-0.3, -0.25) is 0 Å². The lowest BCUT2D eigenvalue weighted by Crippen LogP contribution is -2.36. The maximum Gasteiger partial charge on any atom is 0.0696 e. The SMILES string of the molecule is O[C@@H]1CC2CN[C@@H]1C2. The first kappa shape index (κ1) is 4.77. The Morgan fingerprint density at radius 2 is 2.25 bits per heavy atom. The Bertz CT molecular complexity index is 103. The first-order valence-electron chi connectivity index (χ1n) is 3.28. The van der Waals surface area contributed by atoms with Gasteiger partial charge in [-0.2, -0.15) is 0 Å². The van der Waals surface area contributed by atoms with Crippen molar-refractivity contribution in [1.82, 2.24) is 5.32 Å². The first-order valence-corrected chi connectivity index (χ1v) is 3.28. The lowest BCUT2D eigenvalue weighted by Gasteiger charge is -2.16. The lowest BCUT2D eigenvalue weighted by molar-refractivity contribution is 0.134. The van der Waals surface area contributed by atoms with Gasteiger partial charge in [0.05, 0.1) is 6.10 Å². The zero-order chi connectivity index (χ0) is 5.56. The predicted octanol–water partition coefficient (Wildman–Crippen LogP) is -0.271. The maximum absolute atomic E-state index is 9.16. The number of aliphatic hydroxyl groups excluding tert-OH is 1. The summed E-state index contributed by atoms with van der Waals surface area (Å²) in [5.41, 5.74) is 0. The number of hydrogen-bond acceptors (Lipinski definition) is 2. The molecule has 2 aliphatic rings. The van der Waals surface area contributed by atoms with Gasteiger partial charge in [0.2, 0.25) is 0 Å². The van der Waals surface area contributed by atoms with E-state index in [1.807, 2.05) is 0 Å². The van der Waals surface area contributed by atoms with Crippen molar-refractivity contribution in [2.75, 3.05) is 6.54 Å². The molecule has 0 aromatic heterocycles. The fourth-order valence-electron chi connectivity index (χ4n) is 1.82. The van der Waals surface area contributed by atoms with Crippen LogP contribution in [-0.2, 0) is 0 Å². The molecule has 2 heteroatoms. The molecule has 2 rings (SSSR count). The molecule has 0 radical (unpaired) electrons. The third-order valence-electron chi connectivity index (χ3n) is 2.30. The molecule has 2 nitrogen and oxygen atoms in total. The normalized spacial score (nSPS) is 52.9. The van der Waals surface area contributed by atoms with Crippen LogP contribution in [0.2, 0.25) is 0 Å². The minimum Gasteiger partial charge on any atom is -0.391 e. The van der Waals surface area contributed by atoms with E-state index in [2.05, 4.69) is 5.32 Å². The lowest BCUT2D eigenvalue weighted by atomic mass is 10.1. The number of piperidine rings is 1. The number of aliphatic hydroxyl groups is 1. The summed E-state index contributed by atoms with van der Waals surface area (Å²) >= 11 is 0. The molecule has 0 amide bonds. The van der Waals surface area contributed by atoms with Crippen LogP contribution in [0.15, 0.2) is 0 Å². The largest absolute Gasteiger partial charge is 0.391 e. The summed E-state index contributed by atoms with van der Waals surface area (Å²) < 4.78 is 0. The third-order valence-corrected chi connectivity index (χ3v) is 2.30. The van der Waals surface area contributed by atoms with Gasteiger partial charge in [-0.15, -0.1) is 0 Å². The molecule has 8 heavy (non-hydrogen) atoms. The van der Waals surface area contributed by atoms with Crippen LogP contribution in [-0.4, -0.2) is 23.8 Å². The predicted molar refractivity (Wildman–Crippen MR) is 30.5 cm³/mol. The molecule has 0 aromatic carbocycles. The van der Waals surface area contributed by atoms with Gasteiger partial charge in [0.1, 0.15) is 0 Å². The van der Waals surface area contributed by atoms with E-state index in [0.717, 1.165) is 18.9 Å². The third kappa shape index (κ3) is 0.501. The molecule has 2 fully saturated rings. The fraction of sp³-hybridized carbons (Fsp3) is 1.00. The summed E-state index contributed by atoms with van der Waals surface area (Å²) in [5, 5.41) is 12.4. The molecule has 1 aliphatic carbocycles. The minimum atomic E-state index is -0.0336. The van der Waals surface area contributed by atoms with Gasteiger partial charge in [0, 0.05) is 6.04 Å². The monoisotopic (exact) mass is 113 g/mol. The highest BCUT2D eigenvalue weighted by molar-refractivity contribution is 4.95. The molecule has 1 heterocycles. The van der Waals surface area contributed by atoms with Crippen molar-refractivity contribution in [2.45, 2.75) is 25.0 Å². The summed E-state index contributed by atoms with van der Waals surface area (Å²) in [6.07, 6.45) is 2.22. The Morgan fingerprint density at radius 1 is 1.38 bits per heavy atom. The van der Waals surface area contributed by atoms with Gasteiger partial charge < -0.3 is 10.4 Å². The molecule has 2 N–H and O–H groups in total. The van der Waals surface area contributed by atoms with Crippen molar-refractivity contribution in [3.05, 3.63) is 0 Å². The van der Waals surface area contributed by atoms with Crippen molar-refractivity contribution in [3.63, 3.8) is 0 Å². The molecule has 2 bridgehead atoms. The zero-order valence-corrected chi connectivity index (χ0v) is 4.80. The second-order valence-corrected chi connectivity index (χ2v) is 2.92. The van der Waals surface area contributed by atoms with Crippen LogP contribution in [0.5, 0.6) is 0 Å². The molecule has 0 spiro atoms. The second-order valence-electron chi connectivity index (χ2n) is 2.92. The van der Waals surface area contributed by atoms with E-state index < -0.39 is 0 Å². The first-order chi connectivity index (χ1) is 3.86. The Morgan fingerprint density at radius 3 is 2.50 bits per heavy atom. The molecule has 0 aromatic rings. The van der Waals surface area contributed by atoms with E-state index in [0.29, 0.717) is 6.04 Å². The van der Waals surface area contributed by atoms with Gasteiger partial charge in [0.15, 0.2) is 0 Å². The summed E-state index contributed by atoms with van der Waals surface area (Å²) in [6.45, 7) is 1.14. The van der Waals surface area contributed by atoms with Gasteiger partial charge in [0.25, 0.3) is 0 Å². The van der Waals surface area contributed by atoms with E-state index in [-0.39, 0.29) is 6.10 Å². The van der Waals surface area contributed by atoms with Crippen LogP contribution in [0, 0.1) is 5.92 Å². The summed E-state index contributed by atoms with van der Waals surface area (Å²) in [6, 6.07) is 0.444. The van der Waals surface area contributed by atoms with Crippen LogP contribution in [0.1, 0.15) is 12.8 Å². The zero-order valence-electron chi connectivity index (χ0n) is 4.80. The van der Waals surface area contributed by atoms with Gasteiger partial charge in [-0.25, -0.2) is 0 Å². The molecule has 1 saturated carbocycles. The highest BCUT2D eigenvalue weighted by atomic mass is 16.3. The van der Waals surface area contributed by atoms with Gasteiger partial charge in [-0.05, 0) is 25.3 Å². The van der Waals surface area contributed by atoms with Crippen molar-refractivity contribution in [1.29, 1.82) is 0 Å². The van der Waals surface area contributed by atoms with Gasteiger partial charge >= 0.3 is 0 Å². The van der Waals surface area contributed by atoms with E-state index >= 15 is 0 Å². The van der Waals surface area contributed by atoms with Crippen LogP contribution in [0.4, 0.5) is 0 Å². The molecule has 1 aliphatic heterocycles. The van der Waals surface area contributed by atoms with Crippen molar-refractivity contribution in [3.8, 4) is 0 Å². The molecule has 3 atom stereocenters. The van der Waals surface area contributed by atoms with Crippen molar-refractivity contribution < 1.29 is 5.11 Å². The average Bonchev–Trinajstić information content (AvgIpc) is 2.23. The number of fused-ring (bicyclic) bond motifs is 2. The standard InChI is InChI=1S/C6H11NO/c8-6-2-4-1-5(6)7-3-4/h4-8H,1-3H2/t4?,5-,6-/m1/s1. The molecule has 46 valence electrons. The Balaban J connectivity index is 2.11. The minimum absolute atomic E-state index is 0.0336. The van der Waals surface area contributed by atoms with Crippen molar-refractivity contribution in [2.24, 2.45) is 5.92 Å². The van der Waals surface area contributed by atoms with E-state index in [1.54, 1.807) is 0 Å². The summed E-state index contributed by atoms with van der Waals surface area (Å²) in [5.74, 6) is 0.787. The highest BCUT2D eigenvalue weighted by Gasteiger charge is 2.37. The molecule has 1 unspecified atom stereocenters. The molecule has 1 saturated heterocycles. The molecular formula is C6H11NO. The smallest absolute Gasteiger partial charge is 0.0696 e. The Hall–Kier alpha value is -0.0800. The van der Waals surface area contributed by atoms with E-state index in [1.165, 1.54) is 6.42 Å². The number of rotatable bonds is 0. The number of nitrogens with one attached hydrogen (secondary N) is 1.